The highest BCUT2D eigenvalue weighted by atomic mass is 16.3. The zero-order valence-corrected chi connectivity index (χ0v) is 11.6. The summed E-state index contributed by atoms with van der Waals surface area (Å²) in [4.78, 5) is 11.2. The van der Waals surface area contributed by atoms with Crippen LogP contribution in [0.4, 0.5) is 5.95 Å². The third kappa shape index (κ3) is 2.99. The molecule has 2 heterocycles. The van der Waals surface area contributed by atoms with Crippen LogP contribution >= 0.6 is 0 Å². The number of aromatic nitrogens is 2. The molecule has 4 heteroatoms. The summed E-state index contributed by atoms with van der Waals surface area (Å²) < 4.78 is 0. The lowest BCUT2D eigenvalue weighted by atomic mass is 9.89. The van der Waals surface area contributed by atoms with Crippen LogP contribution in [0.2, 0.25) is 0 Å². The molecule has 1 N–H and O–H groups in total. The number of rotatable bonds is 3. The Kier molecular flexibility index (Phi) is 3.85. The average molecular weight is 249 g/mol. The molecule has 18 heavy (non-hydrogen) atoms. The van der Waals surface area contributed by atoms with Gasteiger partial charge in [-0.25, -0.2) is 9.97 Å². The molecule has 2 rings (SSSR count). The molecule has 0 saturated carbocycles. The minimum absolute atomic E-state index is 0.100. The van der Waals surface area contributed by atoms with E-state index in [4.69, 9.17) is 5.11 Å². The van der Waals surface area contributed by atoms with Crippen LogP contribution in [0.3, 0.4) is 0 Å². The molecule has 0 aliphatic carbocycles. The molecule has 100 valence electrons. The number of hydrogen-bond donors (Lipinski definition) is 1. The maximum atomic E-state index is 8.96. The summed E-state index contributed by atoms with van der Waals surface area (Å²) in [6.07, 6.45) is 5.88. The van der Waals surface area contributed by atoms with Gasteiger partial charge in [0.05, 0.1) is 0 Å². The van der Waals surface area contributed by atoms with Crippen LogP contribution in [0, 0.1) is 5.92 Å². The summed E-state index contributed by atoms with van der Waals surface area (Å²) >= 11 is 0. The van der Waals surface area contributed by atoms with Crippen molar-refractivity contribution in [1.82, 2.24) is 9.97 Å². The van der Waals surface area contributed by atoms with Gasteiger partial charge in [0, 0.05) is 32.1 Å². The van der Waals surface area contributed by atoms with Gasteiger partial charge >= 0.3 is 0 Å². The first-order chi connectivity index (χ1) is 8.50. The van der Waals surface area contributed by atoms with Gasteiger partial charge in [-0.05, 0) is 29.7 Å². The van der Waals surface area contributed by atoms with E-state index in [-0.39, 0.29) is 12.0 Å². The molecule has 1 aliphatic rings. The molecule has 1 atom stereocenters. The van der Waals surface area contributed by atoms with Crippen molar-refractivity contribution in [2.75, 3.05) is 24.6 Å². The van der Waals surface area contributed by atoms with Crippen molar-refractivity contribution in [3.05, 3.63) is 18.0 Å². The fourth-order valence-corrected chi connectivity index (χ4v) is 2.30. The largest absolute Gasteiger partial charge is 0.396 e. The van der Waals surface area contributed by atoms with Crippen molar-refractivity contribution < 1.29 is 5.11 Å². The van der Waals surface area contributed by atoms with Gasteiger partial charge in [0.1, 0.15) is 0 Å². The van der Waals surface area contributed by atoms with Crippen LogP contribution in [0.25, 0.3) is 0 Å². The molecule has 1 unspecified atom stereocenters. The number of anilines is 1. The molecule has 1 saturated heterocycles. The first kappa shape index (κ1) is 13.3. The second kappa shape index (κ2) is 5.22. The molecule has 1 fully saturated rings. The van der Waals surface area contributed by atoms with Gasteiger partial charge in [-0.1, -0.05) is 20.8 Å². The number of aliphatic hydroxyl groups excluding tert-OH is 1. The number of nitrogens with zero attached hydrogens (tertiary/aromatic N) is 3. The summed E-state index contributed by atoms with van der Waals surface area (Å²) in [7, 11) is 0. The van der Waals surface area contributed by atoms with Crippen LogP contribution < -0.4 is 4.90 Å². The molecular weight excluding hydrogens is 226 g/mol. The first-order valence-electron chi connectivity index (χ1n) is 6.69. The zero-order chi connectivity index (χ0) is 13.2. The van der Waals surface area contributed by atoms with Crippen molar-refractivity contribution >= 4 is 5.95 Å². The maximum absolute atomic E-state index is 8.96. The molecule has 1 aromatic rings. The SMILES string of the molecule is CC(C)(C)c1cnc(N2CCC(CCO)C2)nc1. The summed E-state index contributed by atoms with van der Waals surface area (Å²) in [5, 5.41) is 8.96. The van der Waals surface area contributed by atoms with Gasteiger partial charge in [-0.3, -0.25) is 0 Å². The van der Waals surface area contributed by atoms with E-state index in [1.807, 2.05) is 12.4 Å². The monoisotopic (exact) mass is 249 g/mol. The quantitative estimate of drug-likeness (QED) is 0.890. The normalized spacial score (nSPS) is 20.4. The number of hydrogen-bond acceptors (Lipinski definition) is 4. The van der Waals surface area contributed by atoms with Gasteiger partial charge < -0.3 is 10.0 Å². The Balaban J connectivity index is 2.03. The Hall–Kier alpha value is -1.16. The predicted octanol–water partition coefficient (Wildman–Crippen LogP) is 1.98. The van der Waals surface area contributed by atoms with Gasteiger partial charge in [0.15, 0.2) is 0 Å². The van der Waals surface area contributed by atoms with E-state index in [1.54, 1.807) is 0 Å². The Morgan fingerprint density at radius 1 is 1.33 bits per heavy atom. The minimum Gasteiger partial charge on any atom is -0.396 e. The van der Waals surface area contributed by atoms with Crippen LogP contribution in [-0.4, -0.2) is 34.8 Å². The average Bonchev–Trinajstić information content (AvgIpc) is 2.77. The number of aliphatic hydroxyl groups is 1. The van der Waals surface area contributed by atoms with Crippen LogP contribution in [0.5, 0.6) is 0 Å². The fraction of sp³-hybridized carbons (Fsp3) is 0.714. The molecule has 0 radical (unpaired) electrons. The highest BCUT2D eigenvalue weighted by molar-refractivity contribution is 5.32. The van der Waals surface area contributed by atoms with Gasteiger partial charge in [0.2, 0.25) is 5.95 Å². The van der Waals surface area contributed by atoms with E-state index >= 15 is 0 Å². The minimum atomic E-state index is 0.100. The smallest absolute Gasteiger partial charge is 0.225 e. The van der Waals surface area contributed by atoms with Crippen molar-refractivity contribution in [3.8, 4) is 0 Å². The summed E-state index contributed by atoms with van der Waals surface area (Å²) in [6.45, 7) is 8.74. The van der Waals surface area contributed by atoms with E-state index in [1.165, 1.54) is 0 Å². The predicted molar refractivity (Wildman–Crippen MR) is 72.8 cm³/mol. The van der Waals surface area contributed by atoms with E-state index in [2.05, 4.69) is 35.6 Å². The molecule has 0 aromatic carbocycles. The Morgan fingerprint density at radius 2 is 2.00 bits per heavy atom. The lowest BCUT2D eigenvalue weighted by Gasteiger charge is -2.20. The van der Waals surface area contributed by atoms with Crippen molar-refractivity contribution in [1.29, 1.82) is 0 Å². The molecule has 4 nitrogen and oxygen atoms in total. The zero-order valence-electron chi connectivity index (χ0n) is 11.6. The first-order valence-corrected chi connectivity index (χ1v) is 6.69. The van der Waals surface area contributed by atoms with Gasteiger partial charge in [-0.15, -0.1) is 0 Å². The summed E-state index contributed by atoms with van der Waals surface area (Å²) in [5.74, 6) is 1.41. The third-order valence-corrected chi connectivity index (χ3v) is 3.61. The van der Waals surface area contributed by atoms with Crippen LogP contribution in [-0.2, 0) is 5.41 Å². The topological polar surface area (TPSA) is 49.2 Å². The lowest BCUT2D eigenvalue weighted by Crippen LogP contribution is -2.23. The van der Waals surface area contributed by atoms with E-state index in [0.717, 1.165) is 37.4 Å². The summed E-state index contributed by atoms with van der Waals surface area (Å²) in [6, 6.07) is 0. The molecule has 0 amide bonds. The molecule has 1 aromatic heterocycles. The van der Waals surface area contributed by atoms with E-state index in [0.29, 0.717) is 5.92 Å². The molecule has 0 spiro atoms. The second-order valence-electron chi connectivity index (χ2n) is 6.13. The maximum Gasteiger partial charge on any atom is 0.225 e. The second-order valence-corrected chi connectivity index (χ2v) is 6.13. The van der Waals surface area contributed by atoms with Crippen molar-refractivity contribution in [2.24, 2.45) is 5.92 Å². The fourth-order valence-electron chi connectivity index (χ4n) is 2.30. The van der Waals surface area contributed by atoms with Crippen molar-refractivity contribution in [2.45, 2.75) is 39.0 Å². The Morgan fingerprint density at radius 3 is 2.56 bits per heavy atom. The van der Waals surface area contributed by atoms with Crippen LogP contribution in [0.1, 0.15) is 39.2 Å². The third-order valence-electron chi connectivity index (χ3n) is 3.61. The highest BCUT2D eigenvalue weighted by Crippen LogP contribution is 2.25. The standard InChI is InChI=1S/C14H23N3O/c1-14(2,3)12-8-15-13(16-9-12)17-6-4-11(10-17)5-7-18/h8-9,11,18H,4-7,10H2,1-3H3. The Bertz CT molecular complexity index is 383. The van der Waals surface area contributed by atoms with Crippen LogP contribution in [0.15, 0.2) is 12.4 Å². The molecule has 0 bridgehead atoms. The Labute approximate surface area is 109 Å². The summed E-state index contributed by atoms with van der Waals surface area (Å²) in [5.41, 5.74) is 1.26. The van der Waals surface area contributed by atoms with Gasteiger partial charge in [0.25, 0.3) is 0 Å². The van der Waals surface area contributed by atoms with Gasteiger partial charge in [-0.2, -0.15) is 0 Å². The molecule has 1 aliphatic heterocycles. The van der Waals surface area contributed by atoms with E-state index in [9.17, 15) is 0 Å². The van der Waals surface area contributed by atoms with E-state index < -0.39 is 0 Å². The molecular formula is C14H23N3O. The highest BCUT2D eigenvalue weighted by Gasteiger charge is 2.24. The lowest BCUT2D eigenvalue weighted by molar-refractivity contribution is 0.263. The van der Waals surface area contributed by atoms with Crippen molar-refractivity contribution in [3.63, 3.8) is 0 Å².